The average Bonchev–Trinajstić information content (AvgIpc) is 2.89. The Labute approximate surface area is 110 Å². The van der Waals surface area contributed by atoms with Gasteiger partial charge in [-0.3, -0.25) is 0 Å². The molecule has 0 aliphatic carbocycles. The summed E-state index contributed by atoms with van der Waals surface area (Å²) in [6.45, 7) is 4.15. The van der Waals surface area contributed by atoms with Crippen LogP contribution < -0.4 is 4.74 Å². The summed E-state index contributed by atoms with van der Waals surface area (Å²) in [6, 6.07) is 5.78. The van der Waals surface area contributed by atoms with Gasteiger partial charge in [-0.2, -0.15) is 0 Å². The zero-order valence-corrected chi connectivity index (χ0v) is 11.1. The second-order valence-corrected chi connectivity index (χ2v) is 4.88. The van der Waals surface area contributed by atoms with Crippen LogP contribution in [0.1, 0.15) is 23.1 Å². The predicted octanol–water partition coefficient (Wildman–Crippen LogP) is 3.23. The van der Waals surface area contributed by atoms with Gasteiger partial charge in [-0.25, -0.2) is 4.98 Å². The fourth-order valence-electron chi connectivity index (χ4n) is 1.57. The number of aromatic nitrogens is 1. The topological polar surface area (TPSA) is 54.7 Å². The van der Waals surface area contributed by atoms with Gasteiger partial charge in [-0.15, -0.1) is 11.3 Å². The summed E-state index contributed by atoms with van der Waals surface area (Å²) in [5.41, 5.74) is 2.43. The molecule has 0 atom stereocenters. The van der Waals surface area contributed by atoms with Gasteiger partial charge in [-0.1, -0.05) is 16.8 Å². The lowest BCUT2D eigenvalue weighted by atomic mass is 10.1. The number of rotatable bonds is 4. The highest BCUT2D eigenvalue weighted by Crippen LogP contribution is 2.22. The molecule has 1 aromatic heterocycles. The van der Waals surface area contributed by atoms with Crippen molar-refractivity contribution in [2.24, 2.45) is 5.16 Å². The van der Waals surface area contributed by atoms with Crippen LogP contribution in [0.2, 0.25) is 0 Å². The van der Waals surface area contributed by atoms with Gasteiger partial charge in [0.05, 0.1) is 5.71 Å². The molecule has 2 rings (SSSR count). The summed E-state index contributed by atoms with van der Waals surface area (Å²) in [5, 5.41) is 14.9. The Bertz CT molecular complexity index is 550. The van der Waals surface area contributed by atoms with Crippen LogP contribution >= 0.6 is 11.3 Å². The minimum atomic E-state index is 0.423. The fourth-order valence-corrected chi connectivity index (χ4v) is 2.10. The number of hydrogen-bond acceptors (Lipinski definition) is 5. The Kier molecular flexibility index (Phi) is 3.94. The van der Waals surface area contributed by atoms with Crippen molar-refractivity contribution >= 4 is 17.0 Å². The van der Waals surface area contributed by atoms with E-state index < -0.39 is 0 Å². The van der Waals surface area contributed by atoms with Crippen LogP contribution in [-0.2, 0) is 6.61 Å². The van der Waals surface area contributed by atoms with E-state index in [1.807, 2.05) is 30.5 Å². The van der Waals surface area contributed by atoms with E-state index in [1.165, 1.54) is 0 Å². The molecule has 4 nitrogen and oxygen atoms in total. The molecule has 0 bridgehead atoms. The van der Waals surface area contributed by atoms with Crippen molar-refractivity contribution in [2.45, 2.75) is 20.5 Å². The number of thiazole rings is 1. The van der Waals surface area contributed by atoms with Gasteiger partial charge in [-0.05, 0) is 26.0 Å². The maximum absolute atomic E-state index is 8.88. The van der Waals surface area contributed by atoms with Crippen molar-refractivity contribution in [2.75, 3.05) is 0 Å². The van der Waals surface area contributed by atoms with E-state index in [9.17, 15) is 0 Å². The first-order valence-corrected chi connectivity index (χ1v) is 6.39. The Morgan fingerprint density at radius 3 is 3.00 bits per heavy atom. The summed E-state index contributed by atoms with van der Waals surface area (Å²) in [7, 11) is 0. The van der Waals surface area contributed by atoms with E-state index >= 15 is 0 Å². The smallest absolute Gasteiger partial charge is 0.140 e. The number of hydrogen-bond donors (Lipinski definition) is 1. The minimum absolute atomic E-state index is 0.423. The zero-order valence-electron chi connectivity index (χ0n) is 10.3. The molecule has 0 unspecified atom stereocenters. The lowest BCUT2D eigenvalue weighted by Crippen LogP contribution is -2.02. The van der Waals surface area contributed by atoms with Gasteiger partial charge >= 0.3 is 0 Å². The highest BCUT2D eigenvalue weighted by Gasteiger charge is 2.08. The zero-order chi connectivity index (χ0) is 13.0. The molecule has 0 aliphatic heterocycles. The number of aryl methyl sites for hydroxylation is 1. The largest absolute Gasteiger partial charge is 0.486 e. The molecule has 5 heteroatoms. The van der Waals surface area contributed by atoms with Crippen LogP contribution in [-0.4, -0.2) is 15.9 Å². The van der Waals surface area contributed by atoms with Crippen molar-refractivity contribution in [1.29, 1.82) is 0 Å². The molecule has 0 spiro atoms. The standard InChI is InChI=1S/C13H14N2O2S/c1-9-3-4-12(11(7-9)10(2)15-16)17-8-13-14-5-6-18-13/h3-7,16H,8H2,1-2H3. The SMILES string of the molecule is CC(=NO)c1cc(C)ccc1OCc1nccs1. The van der Waals surface area contributed by atoms with Crippen LogP contribution in [0, 0.1) is 6.92 Å². The maximum Gasteiger partial charge on any atom is 0.140 e. The van der Waals surface area contributed by atoms with Gasteiger partial charge in [0.15, 0.2) is 0 Å². The number of oxime groups is 1. The first-order valence-electron chi connectivity index (χ1n) is 5.51. The third kappa shape index (κ3) is 2.87. The quantitative estimate of drug-likeness (QED) is 0.523. The number of benzene rings is 1. The van der Waals surface area contributed by atoms with Gasteiger partial charge < -0.3 is 9.94 Å². The third-order valence-electron chi connectivity index (χ3n) is 2.51. The van der Waals surface area contributed by atoms with Crippen LogP contribution in [0.15, 0.2) is 34.9 Å². The van der Waals surface area contributed by atoms with Gasteiger partial charge in [0.25, 0.3) is 0 Å². The Hall–Kier alpha value is -1.88. The molecule has 1 N–H and O–H groups in total. The molecule has 0 aliphatic rings. The molecule has 0 amide bonds. The molecule has 94 valence electrons. The molecule has 0 saturated heterocycles. The van der Waals surface area contributed by atoms with E-state index in [4.69, 9.17) is 9.94 Å². The first kappa shape index (κ1) is 12.6. The van der Waals surface area contributed by atoms with Gasteiger partial charge in [0.1, 0.15) is 17.4 Å². The van der Waals surface area contributed by atoms with E-state index in [-0.39, 0.29) is 0 Å². The normalized spacial score (nSPS) is 11.6. The van der Waals surface area contributed by atoms with Crippen molar-refractivity contribution in [3.8, 4) is 5.75 Å². The van der Waals surface area contributed by atoms with Crippen LogP contribution in [0.3, 0.4) is 0 Å². The Morgan fingerprint density at radius 1 is 1.50 bits per heavy atom. The van der Waals surface area contributed by atoms with Crippen molar-refractivity contribution in [3.05, 3.63) is 45.9 Å². The van der Waals surface area contributed by atoms with Crippen molar-refractivity contribution in [3.63, 3.8) is 0 Å². The molecular formula is C13H14N2O2S. The molecule has 0 saturated carbocycles. The van der Waals surface area contributed by atoms with Gasteiger partial charge in [0.2, 0.25) is 0 Å². The molecule has 1 heterocycles. The fraction of sp³-hybridized carbons (Fsp3) is 0.231. The van der Waals surface area contributed by atoms with Gasteiger partial charge in [0, 0.05) is 17.1 Å². The minimum Gasteiger partial charge on any atom is -0.486 e. The highest BCUT2D eigenvalue weighted by atomic mass is 32.1. The molecule has 0 fully saturated rings. The lowest BCUT2D eigenvalue weighted by molar-refractivity contribution is 0.302. The second-order valence-electron chi connectivity index (χ2n) is 3.90. The number of ether oxygens (including phenoxy) is 1. The summed E-state index contributed by atoms with van der Waals surface area (Å²) in [6.07, 6.45) is 1.75. The third-order valence-corrected chi connectivity index (χ3v) is 3.26. The van der Waals surface area contributed by atoms with E-state index in [0.29, 0.717) is 18.1 Å². The molecule has 18 heavy (non-hydrogen) atoms. The monoisotopic (exact) mass is 262 g/mol. The first-order chi connectivity index (χ1) is 8.70. The summed E-state index contributed by atoms with van der Waals surface area (Å²) in [5.74, 6) is 0.700. The summed E-state index contributed by atoms with van der Waals surface area (Å²) < 4.78 is 5.72. The maximum atomic E-state index is 8.88. The van der Waals surface area contributed by atoms with Crippen molar-refractivity contribution < 1.29 is 9.94 Å². The predicted molar refractivity (Wildman–Crippen MR) is 71.6 cm³/mol. The molecule has 2 aromatic rings. The average molecular weight is 262 g/mol. The molecule has 1 aromatic carbocycles. The molecule has 0 radical (unpaired) electrons. The van der Waals surface area contributed by atoms with Crippen molar-refractivity contribution in [1.82, 2.24) is 4.98 Å². The van der Waals surface area contributed by atoms with E-state index in [0.717, 1.165) is 16.1 Å². The summed E-state index contributed by atoms with van der Waals surface area (Å²) >= 11 is 1.55. The van der Waals surface area contributed by atoms with E-state index in [1.54, 1.807) is 24.5 Å². The lowest BCUT2D eigenvalue weighted by Gasteiger charge is -2.10. The van der Waals surface area contributed by atoms with Crippen LogP contribution in [0.4, 0.5) is 0 Å². The van der Waals surface area contributed by atoms with E-state index in [2.05, 4.69) is 10.1 Å². The van der Waals surface area contributed by atoms with Crippen LogP contribution in [0.5, 0.6) is 5.75 Å². The molecular weight excluding hydrogens is 248 g/mol. The highest BCUT2D eigenvalue weighted by molar-refractivity contribution is 7.09. The van der Waals surface area contributed by atoms with Crippen LogP contribution in [0.25, 0.3) is 0 Å². The Balaban J connectivity index is 2.21. The summed E-state index contributed by atoms with van der Waals surface area (Å²) in [4.78, 5) is 4.16. The second kappa shape index (κ2) is 5.64. The number of nitrogens with zero attached hydrogens (tertiary/aromatic N) is 2. The Morgan fingerprint density at radius 2 is 2.33 bits per heavy atom.